The van der Waals surface area contributed by atoms with Gasteiger partial charge in [0.15, 0.2) is 0 Å². The number of halogens is 3. The van der Waals surface area contributed by atoms with E-state index in [0.29, 0.717) is 59.1 Å². The molecule has 1 aliphatic rings. The number of hydrogen-bond donors (Lipinski definition) is 0. The van der Waals surface area contributed by atoms with E-state index in [0.717, 1.165) is 34.9 Å². The molecular weight excluding hydrogens is 503 g/mol. The zero-order valence-electron chi connectivity index (χ0n) is 20.2. The fourth-order valence-corrected chi connectivity index (χ4v) is 5.04. The highest BCUT2D eigenvalue weighted by Crippen LogP contribution is 2.30. The molecule has 5 nitrogen and oxygen atoms in total. The highest BCUT2D eigenvalue weighted by Gasteiger charge is 2.27. The fraction of sp³-hybridized carbons (Fsp3) is 0.370. The van der Waals surface area contributed by atoms with Gasteiger partial charge in [0, 0.05) is 60.3 Å². The number of carbonyl (C=O) groups is 1. The van der Waals surface area contributed by atoms with Crippen molar-refractivity contribution in [3.8, 4) is 0 Å². The monoisotopic (exact) mass is 530 g/mol. The van der Waals surface area contributed by atoms with Crippen LogP contribution in [0.1, 0.15) is 46.9 Å². The third-order valence-electron chi connectivity index (χ3n) is 6.18. The van der Waals surface area contributed by atoms with Crippen LogP contribution in [0.25, 0.3) is 0 Å². The minimum Gasteiger partial charge on any atom is -0.353 e. The molecule has 0 saturated carbocycles. The van der Waals surface area contributed by atoms with Gasteiger partial charge in [0.05, 0.1) is 10.6 Å². The molecule has 0 atom stereocenters. The lowest BCUT2D eigenvalue weighted by atomic mass is 10.0. The van der Waals surface area contributed by atoms with Gasteiger partial charge in [0.2, 0.25) is 0 Å². The standard InChI is InChI=1S/C27H29Cl3N4O/c1-17(2)14-25-31-18(3)22(15-19-8-9-20(28)16-24(19)30)26(32-25)33-10-12-34(13-11-33)27(35)21-6-4-5-7-23(21)29/h4-9,16-17H,10-15H2,1-3H3. The third-order valence-corrected chi connectivity index (χ3v) is 7.10. The van der Waals surface area contributed by atoms with Crippen LogP contribution < -0.4 is 4.90 Å². The molecule has 1 aromatic heterocycles. The Labute approximate surface area is 222 Å². The van der Waals surface area contributed by atoms with Crippen LogP contribution in [0, 0.1) is 12.8 Å². The number of rotatable bonds is 6. The van der Waals surface area contributed by atoms with Gasteiger partial charge in [-0.25, -0.2) is 9.97 Å². The molecule has 0 spiro atoms. The van der Waals surface area contributed by atoms with Gasteiger partial charge in [-0.1, -0.05) is 66.8 Å². The minimum absolute atomic E-state index is 0.0391. The highest BCUT2D eigenvalue weighted by molar-refractivity contribution is 6.35. The Balaban J connectivity index is 1.60. The molecule has 1 amide bonds. The maximum absolute atomic E-state index is 13.0. The molecule has 8 heteroatoms. The minimum atomic E-state index is -0.0391. The van der Waals surface area contributed by atoms with Gasteiger partial charge in [-0.2, -0.15) is 0 Å². The van der Waals surface area contributed by atoms with E-state index in [1.165, 1.54) is 0 Å². The Bertz CT molecular complexity index is 1220. The molecule has 184 valence electrons. The van der Waals surface area contributed by atoms with E-state index in [9.17, 15) is 4.79 Å². The smallest absolute Gasteiger partial charge is 0.255 e. The van der Waals surface area contributed by atoms with Crippen molar-refractivity contribution in [3.05, 3.63) is 85.7 Å². The van der Waals surface area contributed by atoms with E-state index in [1.807, 2.05) is 36.1 Å². The van der Waals surface area contributed by atoms with E-state index >= 15 is 0 Å². The molecule has 35 heavy (non-hydrogen) atoms. The van der Waals surface area contributed by atoms with Crippen molar-refractivity contribution in [2.45, 2.75) is 33.6 Å². The highest BCUT2D eigenvalue weighted by atomic mass is 35.5. The number of anilines is 1. The number of amides is 1. The topological polar surface area (TPSA) is 49.3 Å². The summed E-state index contributed by atoms with van der Waals surface area (Å²) in [6, 6.07) is 12.8. The molecule has 4 rings (SSSR count). The summed E-state index contributed by atoms with van der Waals surface area (Å²) in [7, 11) is 0. The Morgan fingerprint density at radius 2 is 1.69 bits per heavy atom. The van der Waals surface area contributed by atoms with Crippen molar-refractivity contribution in [1.82, 2.24) is 14.9 Å². The fourth-order valence-electron chi connectivity index (χ4n) is 4.34. The molecule has 0 N–H and O–H groups in total. The zero-order valence-corrected chi connectivity index (χ0v) is 22.5. The lowest BCUT2D eigenvalue weighted by Gasteiger charge is -2.36. The second kappa shape index (κ2) is 11.2. The number of carbonyl (C=O) groups excluding carboxylic acids is 1. The average molecular weight is 532 g/mol. The second-order valence-corrected chi connectivity index (χ2v) is 10.5. The largest absolute Gasteiger partial charge is 0.353 e. The summed E-state index contributed by atoms with van der Waals surface area (Å²) in [5.41, 5.74) is 3.52. The number of benzene rings is 2. The number of piperazine rings is 1. The number of nitrogens with zero attached hydrogens (tertiary/aromatic N) is 4. The van der Waals surface area contributed by atoms with Crippen molar-refractivity contribution in [2.75, 3.05) is 31.1 Å². The van der Waals surface area contributed by atoms with Crippen LogP contribution in [0.3, 0.4) is 0 Å². The summed E-state index contributed by atoms with van der Waals surface area (Å²) >= 11 is 18.9. The van der Waals surface area contributed by atoms with Gasteiger partial charge in [-0.05, 0) is 42.7 Å². The first-order valence-corrected chi connectivity index (χ1v) is 13.0. The van der Waals surface area contributed by atoms with Gasteiger partial charge < -0.3 is 9.80 Å². The Kier molecular flexibility index (Phi) is 8.20. The van der Waals surface area contributed by atoms with Crippen LogP contribution in [-0.2, 0) is 12.8 Å². The molecule has 1 saturated heterocycles. The van der Waals surface area contributed by atoms with E-state index in [1.54, 1.807) is 18.2 Å². The van der Waals surface area contributed by atoms with Crippen molar-refractivity contribution in [3.63, 3.8) is 0 Å². The van der Waals surface area contributed by atoms with Gasteiger partial charge in [-0.3, -0.25) is 4.79 Å². The lowest BCUT2D eigenvalue weighted by Crippen LogP contribution is -2.49. The number of aromatic nitrogens is 2. The molecule has 2 aromatic carbocycles. The average Bonchev–Trinajstić information content (AvgIpc) is 2.81. The van der Waals surface area contributed by atoms with Crippen LogP contribution in [0.15, 0.2) is 42.5 Å². The van der Waals surface area contributed by atoms with E-state index < -0.39 is 0 Å². The first-order valence-electron chi connectivity index (χ1n) is 11.8. The van der Waals surface area contributed by atoms with Gasteiger partial charge in [0.25, 0.3) is 5.91 Å². The molecule has 2 heterocycles. The molecular formula is C27H29Cl3N4O. The summed E-state index contributed by atoms with van der Waals surface area (Å²) in [5.74, 6) is 2.17. The van der Waals surface area contributed by atoms with Crippen molar-refractivity contribution in [2.24, 2.45) is 5.92 Å². The number of hydrogen-bond acceptors (Lipinski definition) is 4. The molecule has 0 bridgehead atoms. The van der Waals surface area contributed by atoms with Gasteiger partial charge >= 0.3 is 0 Å². The number of aryl methyl sites for hydroxylation is 1. The predicted molar refractivity (Wildman–Crippen MR) is 144 cm³/mol. The molecule has 3 aromatic rings. The van der Waals surface area contributed by atoms with E-state index in [4.69, 9.17) is 44.8 Å². The quantitative estimate of drug-likeness (QED) is 0.364. The molecule has 1 fully saturated rings. The van der Waals surface area contributed by atoms with Crippen LogP contribution >= 0.6 is 34.8 Å². The van der Waals surface area contributed by atoms with Gasteiger partial charge in [-0.15, -0.1) is 0 Å². The van der Waals surface area contributed by atoms with Crippen LogP contribution in [-0.4, -0.2) is 47.0 Å². The molecule has 0 unspecified atom stereocenters. The van der Waals surface area contributed by atoms with Crippen molar-refractivity contribution < 1.29 is 4.79 Å². The Morgan fingerprint density at radius 1 is 0.971 bits per heavy atom. The van der Waals surface area contributed by atoms with Crippen LogP contribution in [0.5, 0.6) is 0 Å². The Morgan fingerprint density at radius 3 is 2.34 bits per heavy atom. The first-order chi connectivity index (χ1) is 16.7. The third kappa shape index (κ3) is 6.08. The Hall–Kier alpha value is -2.34. The SMILES string of the molecule is Cc1nc(CC(C)C)nc(N2CCN(C(=O)c3ccccc3Cl)CC2)c1Cc1ccc(Cl)cc1Cl. The summed E-state index contributed by atoms with van der Waals surface area (Å²) in [4.78, 5) is 27.0. The summed E-state index contributed by atoms with van der Waals surface area (Å²) in [5, 5.41) is 1.72. The lowest BCUT2D eigenvalue weighted by molar-refractivity contribution is 0.0746. The zero-order chi connectivity index (χ0) is 25.1. The summed E-state index contributed by atoms with van der Waals surface area (Å²) < 4.78 is 0. The second-order valence-electron chi connectivity index (χ2n) is 9.30. The molecule has 0 aliphatic carbocycles. The van der Waals surface area contributed by atoms with Gasteiger partial charge in [0.1, 0.15) is 11.6 Å². The predicted octanol–water partition coefficient (Wildman–Crippen LogP) is 6.50. The van der Waals surface area contributed by atoms with Crippen molar-refractivity contribution >= 4 is 46.5 Å². The maximum atomic E-state index is 13.0. The normalized spacial score (nSPS) is 14.0. The molecule has 1 aliphatic heterocycles. The van der Waals surface area contributed by atoms with E-state index in [2.05, 4.69) is 18.7 Å². The summed E-state index contributed by atoms with van der Waals surface area (Å²) in [6.07, 6.45) is 1.42. The van der Waals surface area contributed by atoms with E-state index in [-0.39, 0.29) is 5.91 Å². The van der Waals surface area contributed by atoms with Crippen LogP contribution in [0.2, 0.25) is 15.1 Å². The first kappa shape index (κ1) is 25.7. The van der Waals surface area contributed by atoms with Crippen molar-refractivity contribution in [1.29, 1.82) is 0 Å². The maximum Gasteiger partial charge on any atom is 0.255 e. The van der Waals surface area contributed by atoms with Crippen LogP contribution in [0.4, 0.5) is 5.82 Å². The summed E-state index contributed by atoms with van der Waals surface area (Å²) in [6.45, 7) is 8.90. The molecule has 0 radical (unpaired) electrons.